The topological polar surface area (TPSA) is 6.48 Å². The zero-order valence-corrected chi connectivity index (χ0v) is 11.4. The fourth-order valence-electron chi connectivity index (χ4n) is 3.18. The third-order valence-corrected chi connectivity index (χ3v) is 4.56. The molecule has 0 aromatic heterocycles. The Morgan fingerprint density at radius 3 is 2.33 bits per heavy atom. The molecule has 0 amide bonds. The van der Waals surface area contributed by atoms with Crippen molar-refractivity contribution in [1.82, 2.24) is 9.80 Å². The first-order valence-electron chi connectivity index (χ1n) is 7.36. The Labute approximate surface area is 111 Å². The van der Waals surface area contributed by atoms with Gasteiger partial charge in [-0.05, 0) is 30.4 Å². The second-order valence-corrected chi connectivity index (χ2v) is 5.75. The molecule has 0 N–H and O–H groups in total. The molecule has 2 unspecified atom stereocenters. The molecule has 2 heteroatoms. The molecule has 3 rings (SSSR count). The fraction of sp³-hybridized carbons (Fsp3) is 0.625. The van der Waals surface area contributed by atoms with E-state index in [1.54, 1.807) is 5.56 Å². The second kappa shape index (κ2) is 5.41. The molecule has 0 spiro atoms. The zero-order valence-electron chi connectivity index (χ0n) is 11.4. The Kier molecular flexibility index (Phi) is 3.67. The van der Waals surface area contributed by atoms with Crippen molar-refractivity contribution in [3.05, 3.63) is 35.9 Å². The lowest BCUT2D eigenvalue weighted by Gasteiger charge is -2.34. The lowest BCUT2D eigenvalue weighted by molar-refractivity contribution is 0.132. The molecule has 98 valence electrons. The molecule has 2 aliphatic rings. The van der Waals surface area contributed by atoms with E-state index in [4.69, 9.17) is 0 Å². The van der Waals surface area contributed by atoms with Gasteiger partial charge in [0.05, 0.1) is 0 Å². The van der Waals surface area contributed by atoms with Crippen molar-refractivity contribution in [2.45, 2.75) is 19.3 Å². The van der Waals surface area contributed by atoms with Gasteiger partial charge < -0.3 is 9.80 Å². The molecule has 0 bridgehead atoms. The van der Waals surface area contributed by atoms with E-state index in [9.17, 15) is 0 Å². The number of benzene rings is 1. The summed E-state index contributed by atoms with van der Waals surface area (Å²) in [6.45, 7) is 9.86. The Balaban J connectivity index is 1.46. The Morgan fingerprint density at radius 2 is 1.67 bits per heavy atom. The van der Waals surface area contributed by atoms with Crippen molar-refractivity contribution in [3.8, 4) is 0 Å². The van der Waals surface area contributed by atoms with E-state index in [2.05, 4.69) is 47.1 Å². The van der Waals surface area contributed by atoms with Crippen LogP contribution in [0.5, 0.6) is 0 Å². The van der Waals surface area contributed by atoms with Gasteiger partial charge in [-0.3, -0.25) is 0 Å². The summed E-state index contributed by atoms with van der Waals surface area (Å²) in [6.07, 6.45) is 1.40. The molecule has 2 atom stereocenters. The molecule has 1 saturated heterocycles. The van der Waals surface area contributed by atoms with Gasteiger partial charge in [0.2, 0.25) is 0 Å². The fourth-order valence-corrected chi connectivity index (χ4v) is 3.18. The van der Waals surface area contributed by atoms with Gasteiger partial charge in [-0.2, -0.15) is 0 Å². The average molecular weight is 244 g/mol. The van der Waals surface area contributed by atoms with Crippen molar-refractivity contribution in [3.63, 3.8) is 0 Å². The Morgan fingerprint density at radius 1 is 1.00 bits per heavy atom. The molecule has 1 saturated carbocycles. The van der Waals surface area contributed by atoms with Crippen LogP contribution in [0.25, 0.3) is 0 Å². The SMILES string of the molecule is CCN1CCN(CC2CC2c2ccccc2)CC1. The molecule has 1 heterocycles. The molecule has 18 heavy (non-hydrogen) atoms. The van der Waals surface area contributed by atoms with Crippen LogP contribution in [-0.2, 0) is 0 Å². The summed E-state index contributed by atoms with van der Waals surface area (Å²) in [5.41, 5.74) is 1.55. The first-order valence-corrected chi connectivity index (χ1v) is 7.36. The van der Waals surface area contributed by atoms with Gasteiger partial charge in [0.25, 0.3) is 0 Å². The summed E-state index contributed by atoms with van der Waals surface area (Å²) in [6, 6.07) is 11.0. The predicted octanol–water partition coefficient (Wildman–Crippen LogP) is 2.43. The largest absolute Gasteiger partial charge is 0.301 e. The van der Waals surface area contributed by atoms with Gasteiger partial charge in [0, 0.05) is 32.7 Å². The summed E-state index contributed by atoms with van der Waals surface area (Å²) >= 11 is 0. The highest BCUT2D eigenvalue weighted by molar-refractivity contribution is 5.25. The van der Waals surface area contributed by atoms with Gasteiger partial charge in [-0.1, -0.05) is 37.3 Å². The number of piperazine rings is 1. The highest BCUT2D eigenvalue weighted by atomic mass is 15.3. The van der Waals surface area contributed by atoms with Crippen LogP contribution >= 0.6 is 0 Å². The molecule has 1 aromatic rings. The highest BCUT2D eigenvalue weighted by Gasteiger charge is 2.39. The molecule has 2 nitrogen and oxygen atoms in total. The van der Waals surface area contributed by atoms with Crippen LogP contribution in [0, 0.1) is 5.92 Å². The first kappa shape index (κ1) is 12.2. The van der Waals surface area contributed by atoms with Crippen LogP contribution in [0.1, 0.15) is 24.8 Å². The minimum Gasteiger partial charge on any atom is -0.301 e. The minimum atomic E-state index is 0.843. The highest BCUT2D eigenvalue weighted by Crippen LogP contribution is 2.47. The van der Waals surface area contributed by atoms with E-state index in [-0.39, 0.29) is 0 Å². The van der Waals surface area contributed by atoms with Crippen LogP contribution in [0.15, 0.2) is 30.3 Å². The van der Waals surface area contributed by atoms with Gasteiger partial charge >= 0.3 is 0 Å². The molecular weight excluding hydrogens is 220 g/mol. The summed E-state index contributed by atoms with van der Waals surface area (Å²) in [5, 5.41) is 0. The zero-order chi connectivity index (χ0) is 12.4. The minimum absolute atomic E-state index is 0.843. The smallest absolute Gasteiger partial charge is 0.0110 e. The number of nitrogens with zero attached hydrogens (tertiary/aromatic N) is 2. The van der Waals surface area contributed by atoms with Crippen LogP contribution in [0.2, 0.25) is 0 Å². The first-order chi connectivity index (χ1) is 8.86. The molecule has 1 aliphatic heterocycles. The number of rotatable bonds is 4. The van der Waals surface area contributed by atoms with Crippen molar-refractivity contribution in [2.75, 3.05) is 39.3 Å². The lowest BCUT2D eigenvalue weighted by Crippen LogP contribution is -2.46. The Bertz CT molecular complexity index is 368. The van der Waals surface area contributed by atoms with Crippen molar-refractivity contribution < 1.29 is 0 Å². The maximum absolute atomic E-state index is 2.67. The van der Waals surface area contributed by atoms with E-state index in [1.165, 1.54) is 45.7 Å². The molecule has 1 aromatic carbocycles. The average Bonchev–Trinajstić information content (AvgIpc) is 3.20. The van der Waals surface area contributed by atoms with Crippen molar-refractivity contribution in [1.29, 1.82) is 0 Å². The summed E-state index contributed by atoms with van der Waals surface area (Å²) in [4.78, 5) is 5.22. The quantitative estimate of drug-likeness (QED) is 0.802. The van der Waals surface area contributed by atoms with Crippen LogP contribution < -0.4 is 0 Å². The van der Waals surface area contributed by atoms with E-state index >= 15 is 0 Å². The molecular formula is C16H24N2. The maximum Gasteiger partial charge on any atom is 0.0110 e. The summed E-state index contributed by atoms with van der Waals surface area (Å²) in [5.74, 6) is 1.76. The van der Waals surface area contributed by atoms with Gasteiger partial charge in [-0.15, -0.1) is 0 Å². The maximum atomic E-state index is 2.67. The number of hydrogen-bond acceptors (Lipinski definition) is 2. The van der Waals surface area contributed by atoms with Gasteiger partial charge in [0.15, 0.2) is 0 Å². The predicted molar refractivity (Wildman–Crippen MR) is 75.8 cm³/mol. The third-order valence-electron chi connectivity index (χ3n) is 4.56. The normalized spacial score (nSPS) is 29.4. The van der Waals surface area contributed by atoms with E-state index < -0.39 is 0 Å². The number of likely N-dealkylation sites (N-methyl/N-ethyl adjacent to an activating group) is 1. The van der Waals surface area contributed by atoms with Crippen LogP contribution in [0.3, 0.4) is 0 Å². The van der Waals surface area contributed by atoms with Gasteiger partial charge in [0.1, 0.15) is 0 Å². The molecule has 2 fully saturated rings. The lowest BCUT2D eigenvalue weighted by atomic mass is 10.1. The van der Waals surface area contributed by atoms with Crippen LogP contribution in [0.4, 0.5) is 0 Å². The standard InChI is InChI=1S/C16H24N2/c1-2-17-8-10-18(11-9-17)13-15-12-16(15)14-6-4-3-5-7-14/h3-7,15-16H,2,8-13H2,1H3. The molecule has 1 aliphatic carbocycles. The molecule has 0 radical (unpaired) electrons. The Hall–Kier alpha value is -0.860. The van der Waals surface area contributed by atoms with E-state index in [0.29, 0.717) is 0 Å². The summed E-state index contributed by atoms with van der Waals surface area (Å²) < 4.78 is 0. The van der Waals surface area contributed by atoms with Crippen molar-refractivity contribution in [2.24, 2.45) is 5.92 Å². The van der Waals surface area contributed by atoms with Crippen LogP contribution in [-0.4, -0.2) is 49.1 Å². The van der Waals surface area contributed by atoms with E-state index in [0.717, 1.165) is 11.8 Å². The van der Waals surface area contributed by atoms with Gasteiger partial charge in [-0.25, -0.2) is 0 Å². The number of hydrogen-bond donors (Lipinski definition) is 0. The second-order valence-electron chi connectivity index (χ2n) is 5.75. The third kappa shape index (κ3) is 2.76. The monoisotopic (exact) mass is 244 g/mol. The van der Waals surface area contributed by atoms with E-state index in [1.807, 2.05) is 0 Å². The summed E-state index contributed by atoms with van der Waals surface area (Å²) in [7, 11) is 0. The van der Waals surface area contributed by atoms with Crippen molar-refractivity contribution >= 4 is 0 Å².